The van der Waals surface area contributed by atoms with E-state index in [1.54, 1.807) is 0 Å². The average molecular weight is 284 g/mol. The fraction of sp³-hybridized carbons (Fsp3) is 0.235. The highest BCUT2D eigenvalue weighted by molar-refractivity contribution is 5.64. The van der Waals surface area contributed by atoms with E-state index in [1.807, 2.05) is 36.4 Å². The van der Waals surface area contributed by atoms with Crippen molar-refractivity contribution in [1.82, 2.24) is 5.32 Å². The standard InChI is InChI=1S/C17H20N2O2/c18-17(20)21-12-11-19-13-16(14-7-3-1-4-8-14)15-9-5-2-6-10-15/h1-10,16,19H,11-13H2,(H2,18,20). The first-order chi connectivity index (χ1) is 10.3. The van der Waals surface area contributed by atoms with Crippen molar-refractivity contribution in [3.8, 4) is 0 Å². The Labute approximate surface area is 124 Å². The Morgan fingerprint density at radius 3 is 2.00 bits per heavy atom. The van der Waals surface area contributed by atoms with Crippen molar-refractivity contribution >= 4 is 6.09 Å². The van der Waals surface area contributed by atoms with Gasteiger partial charge in [0.05, 0.1) is 0 Å². The number of ether oxygens (including phenoxy) is 1. The number of amides is 1. The van der Waals surface area contributed by atoms with E-state index in [2.05, 4.69) is 29.6 Å². The van der Waals surface area contributed by atoms with Gasteiger partial charge in [-0.05, 0) is 11.1 Å². The highest BCUT2D eigenvalue weighted by Gasteiger charge is 2.13. The summed E-state index contributed by atoms with van der Waals surface area (Å²) >= 11 is 0. The second-order valence-electron chi connectivity index (χ2n) is 4.75. The average Bonchev–Trinajstić information content (AvgIpc) is 2.52. The minimum absolute atomic E-state index is 0.265. The molecule has 0 bridgehead atoms. The van der Waals surface area contributed by atoms with Gasteiger partial charge >= 0.3 is 6.09 Å². The molecule has 21 heavy (non-hydrogen) atoms. The quantitative estimate of drug-likeness (QED) is 0.768. The summed E-state index contributed by atoms with van der Waals surface area (Å²) in [5.41, 5.74) is 7.44. The first-order valence-electron chi connectivity index (χ1n) is 7.00. The number of carbonyl (C=O) groups excluding carboxylic acids is 1. The molecule has 2 rings (SSSR count). The van der Waals surface area contributed by atoms with Gasteiger partial charge in [0.2, 0.25) is 0 Å². The summed E-state index contributed by atoms with van der Waals surface area (Å²) in [7, 11) is 0. The van der Waals surface area contributed by atoms with E-state index < -0.39 is 6.09 Å². The zero-order chi connectivity index (χ0) is 14.9. The summed E-state index contributed by atoms with van der Waals surface area (Å²) in [5.74, 6) is 0.265. The van der Waals surface area contributed by atoms with Crippen LogP contribution in [0.25, 0.3) is 0 Å². The smallest absolute Gasteiger partial charge is 0.404 e. The Morgan fingerprint density at radius 2 is 1.52 bits per heavy atom. The largest absolute Gasteiger partial charge is 0.448 e. The Morgan fingerprint density at radius 1 is 1.00 bits per heavy atom. The van der Waals surface area contributed by atoms with Crippen LogP contribution in [0.3, 0.4) is 0 Å². The number of hydrogen-bond acceptors (Lipinski definition) is 3. The summed E-state index contributed by atoms with van der Waals surface area (Å²) < 4.78 is 4.71. The van der Waals surface area contributed by atoms with E-state index in [0.29, 0.717) is 6.54 Å². The van der Waals surface area contributed by atoms with Crippen LogP contribution in [0.4, 0.5) is 4.79 Å². The van der Waals surface area contributed by atoms with E-state index >= 15 is 0 Å². The van der Waals surface area contributed by atoms with Crippen LogP contribution < -0.4 is 11.1 Å². The normalized spacial score (nSPS) is 10.5. The van der Waals surface area contributed by atoms with Crippen LogP contribution in [0.5, 0.6) is 0 Å². The van der Waals surface area contributed by atoms with Gasteiger partial charge in [0, 0.05) is 19.0 Å². The number of carbonyl (C=O) groups is 1. The van der Waals surface area contributed by atoms with Gasteiger partial charge < -0.3 is 15.8 Å². The van der Waals surface area contributed by atoms with Crippen molar-refractivity contribution in [3.05, 3.63) is 71.8 Å². The third-order valence-electron chi connectivity index (χ3n) is 3.28. The zero-order valence-corrected chi connectivity index (χ0v) is 11.9. The molecule has 0 saturated heterocycles. The molecule has 4 nitrogen and oxygen atoms in total. The van der Waals surface area contributed by atoms with Gasteiger partial charge in [0.15, 0.2) is 0 Å². The molecule has 0 atom stereocenters. The first kappa shape index (κ1) is 15.1. The molecule has 0 aromatic heterocycles. The molecule has 0 heterocycles. The van der Waals surface area contributed by atoms with E-state index in [-0.39, 0.29) is 12.5 Å². The number of rotatable bonds is 7. The van der Waals surface area contributed by atoms with Crippen LogP contribution >= 0.6 is 0 Å². The van der Waals surface area contributed by atoms with Crippen molar-refractivity contribution in [2.45, 2.75) is 5.92 Å². The molecule has 0 aliphatic heterocycles. The maximum absolute atomic E-state index is 10.5. The zero-order valence-electron chi connectivity index (χ0n) is 11.9. The van der Waals surface area contributed by atoms with Crippen LogP contribution in [0.1, 0.15) is 17.0 Å². The molecular weight excluding hydrogens is 264 g/mol. The lowest BCUT2D eigenvalue weighted by atomic mass is 9.91. The van der Waals surface area contributed by atoms with Crippen molar-refractivity contribution in [2.75, 3.05) is 19.7 Å². The molecular formula is C17H20N2O2. The van der Waals surface area contributed by atoms with Crippen molar-refractivity contribution in [3.63, 3.8) is 0 Å². The van der Waals surface area contributed by atoms with E-state index in [0.717, 1.165) is 6.54 Å². The number of primary amides is 1. The van der Waals surface area contributed by atoms with Gasteiger partial charge in [-0.15, -0.1) is 0 Å². The van der Waals surface area contributed by atoms with Gasteiger partial charge in [-0.1, -0.05) is 60.7 Å². The molecule has 0 radical (unpaired) electrons. The topological polar surface area (TPSA) is 64.4 Å². The summed E-state index contributed by atoms with van der Waals surface area (Å²) in [6.07, 6.45) is -0.737. The van der Waals surface area contributed by atoms with E-state index in [1.165, 1.54) is 11.1 Å². The van der Waals surface area contributed by atoms with Gasteiger partial charge in [0.1, 0.15) is 6.61 Å². The number of hydrogen-bond donors (Lipinski definition) is 2. The lowest BCUT2D eigenvalue weighted by molar-refractivity contribution is 0.157. The molecule has 0 spiro atoms. The third kappa shape index (κ3) is 4.93. The Balaban J connectivity index is 1.99. The van der Waals surface area contributed by atoms with Crippen LogP contribution in [-0.2, 0) is 4.74 Å². The fourth-order valence-electron chi connectivity index (χ4n) is 2.27. The third-order valence-corrected chi connectivity index (χ3v) is 3.28. The molecule has 0 aliphatic rings. The predicted molar refractivity (Wildman–Crippen MR) is 83.1 cm³/mol. The number of nitrogens with one attached hydrogen (secondary N) is 1. The molecule has 0 saturated carbocycles. The second kappa shape index (κ2) is 8.07. The minimum Gasteiger partial charge on any atom is -0.448 e. The molecule has 4 heteroatoms. The molecule has 2 aromatic rings. The lowest BCUT2D eigenvalue weighted by Crippen LogP contribution is -2.27. The monoisotopic (exact) mass is 284 g/mol. The highest BCUT2D eigenvalue weighted by atomic mass is 16.5. The summed E-state index contributed by atoms with van der Waals surface area (Å²) in [5, 5.41) is 3.31. The van der Waals surface area contributed by atoms with Crippen molar-refractivity contribution in [2.24, 2.45) is 5.73 Å². The van der Waals surface area contributed by atoms with Crippen LogP contribution in [0, 0.1) is 0 Å². The van der Waals surface area contributed by atoms with Gasteiger partial charge in [-0.25, -0.2) is 4.79 Å². The molecule has 110 valence electrons. The Hall–Kier alpha value is -2.33. The number of nitrogens with two attached hydrogens (primary N) is 1. The minimum atomic E-state index is -0.737. The molecule has 0 unspecified atom stereocenters. The molecule has 0 aliphatic carbocycles. The summed E-state index contributed by atoms with van der Waals surface area (Å²) in [6, 6.07) is 20.7. The Kier molecular flexibility index (Phi) is 5.79. The summed E-state index contributed by atoms with van der Waals surface area (Å²) in [4.78, 5) is 10.5. The molecule has 1 amide bonds. The van der Waals surface area contributed by atoms with Crippen LogP contribution in [0.2, 0.25) is 0 Å². The fourth-order valence-corrected chi connectivity index (χ4v) is 2.27. The lowest BCUT2D eigenvalue weighted by Gasteiger charge is -2.18. The summed E-state index contributed by atoms with van der Waals surface area (Å²) in [6.45, 7) is 1.64. The second-order valence-corrected chi connectivity index (χ2v) is 4.75. The first-order valence-corrected chi connectivity index (χ1v) is 7.00. The van der Waals surface area contributed by atoms with Gasteiger partial charge in [-0.3, -0.25) is 0 Å². The van der Waals surface area contributed by atoms with Crippen molar-refractivity contribution < 1.29 is 9.53 Å². The molecule has 3 N–H and O–H groups in total. The maximum Gasteiger partial charge on any atom is 0.404 e. The molecule has 0 fully saturated rings. The van der Waals surface area contributed by atoms with Gasteiger partial charge in [0.25, 0.3) is 0 Å². The van der Waals surface area contributed by atoms with E-state index in [4.69, 9.17) is 10.5 Å². The van der Waals surface area contributed by atoms with Gasteiger partial charge in [-0.2, -0.15) is 0 Å². The SMILES string of the molecule is NC(=O)OCCNCC(c1ccccc1)c1ccccc1. The predicted octanol–water partition coefficient (Wildman–Crippen LogP) is 2.50. The molecule has 2 aromatic carbocycles. The number of benzene rings is 2. The Bertz CT molecular complexity index is 504. The maximum atomic E-state index is 10.5. The van der Waals surface area contributed by atoms with Crippen molar-refractivity contribution in [1.29, 1.82) is 0 Å². The highest BCUT2D eigenvalue weighted by Crippen LogP contribution is 2.23. The van der Waals surface area contributed by atoms with Crippen LogP contribution in [-0.4, -0.2) is 25.8 Å². The van der Waals surface area contributed by atoms with E-state index in [9.17, 15) is 4.79 Å². The van der Waals surface area contributed by atoms with Crippen LogP contribution in [0.15, 0.2) is 60.7 Å².